The summed E-state index contributed by atoms with van der Waals surface area (Å²) in [5, 5.41) is 5.58. The van der Waals surface area contributed by atoms with Gasteiger partial charge in [-0.25, -0.2) is 4.98 Å². The monoisotopic (exact) mass is 264 g/mol. The van der Waals surface area contributed by atoms with E-state index in [-0.39, 0.29) is 6.04 Å². The number of imidazole rings is 1. The molecule has 0 aliphatic rings. The molecule has 3 N–H and O–H groups in total. The Bertz CT molecular complexity index is 461. The van der Waals surface area contributed by atoms with Crippen molar-refractivity contribution >= 4 is 11.3 Å². The van der Waals surface area contributed by atoms with Crippen molar-refractivity contribution in [3.05, 3.63) is 40.6 Å². The first-order valence-corrected chi connectivity index (χ1v) is 7.08. The highest BCUT2D eigenvalue weighted by atomic mass is 32.1. The van der Waals surface area contributed by atoms with E-state index in [1.165, 1.54) is 4.88 Å². The first kappa shape index (κ1) is 13.3. The van der Waals surface area contributed by atoms with Gasteiger partial charge in [0.1, 0.15) is 0 Å². The van der Waals surface area contributed by atoms with Crippen molar-refractivity contribution < 1.29 is 0 Å². The quantitative estimate of drug-likeness (QED) is 0.842. The van der Waals surface area contributed by atoms with Crippen LogP contribution in [0.15, 0.2) is 30.0 Å². The van der Waals surface area contributed by atoms with Crippen LogP contribution in [0.25, 0.3) is 0 Å². The summed E-state index contributed by atoms with van der Waals surface area (Å²) in [6, 6.07) is 4.75. The molecule has 0 aliphatic carbocycles. The summed E-state index contributed by atoms with van der Waals surface area (Å²) < 4.78 is 2.17. The van der Waals surface area contributed by atoms with Gasteiger partial charge in [0.15, 0.2) is 0 Å². The van der Waals surface area contributed by atoms with E-state index in [1.54, 1.807) is 11.3 Å². The van der Waals surface area contributed by atoms with Gasteiger partial charge in [0.05, 0.1) is 18.1 Å². The fraction of sp³-hybridized carbons (Fsp3) is 0.462. The third-order valence-corrected chi connectivity index (χ3v) is 3.82. The van der Waals surface area contributed by atoms with Gasteiger partial charge in [-0.3, -0.25) is 0 Å². The van der Waals surface area contributed by atoms with Gasteiger partial charge in [-0.2, -0.15) is 0 Å². The van der Waals surface area contributed by atoms with Gasteiger partial charge in [0.2, 0.25) is 0 Å². The average Bonchev–Trinajstić information content (AvgIpc) is 2.99. The van der Waals surface area contributed by atoms with E-state index < -0.39 is 0 Å². The van der Waals surface area contributed by atoms with Crippen molar-refractivity contribution in [2.75, 3.05) is 6.54 Å². The SMILES string of the molecule is CC(C)n1cncc1C(CN)NCc1cccs1. The molecule has 5 heteroatoms. The second-order valence-corrected chi connectivity index (χ2v) is 5.60. The summed E-state index contributed by atoms with van der Waals surface area (Å²) in [5.74, 6) is 0. The van der Waals surface area contributed by atoms with Gasteiger partial charge >= 0.3 is 0 Å². The minimum Gasteiger partial charge on any atom is -0.331 e. The minimum absolute atomic E-state index is 0.150. The number of hydrogen-bond donors (Lipinski definition) is 2. The molecule has 0 spiro atoms. The first-order chi connectivity index (χ1) is 8.72. The topological polar surface area (TPSA) is 55.9 Å². The summed E-state index contributed by atoms with van der Waals surface area (Å²) in [6.07, 6.45) is 3.77. The summed E-state index contributed by atoms with van der Waals surface area (Å²) in [5.41, 5.74) is 7.03. The highest BCUT2D eigenvalue weighted by Gasteiger charge is 2.15. The molecule has 0 radical (unpaired) electrons. The second kappa shape index (κ2) is 6.13. The highest BCUT2D eigenvalue weighted by molar-refractivity contribution is 7.09. The number of nitrogens with zero attached hydrogens (tertiary/aromatic N) is 2. The Hall–Kier alpha value is -1.17. The van der Waals surface area contributed by atoms with Crippen LogP contribution >= 0.6 is 11.3 Å². The number of nitrogens with two attached hydrogens (primary N) is 1. The predicted octanol–water partition coefficient (Wildman–Crippen LogP) is 2.32. The standard InChI is InChI=1S/C13H20N4S/c1-10(2)17-9-15-8-13(17)12(6-14)16-7-11-4-3-5-18-11/h3-5,8-10,12,16H,6-7,14H2,1-2H3. The van der Waals surface area contributed by atoms with E-state index in [2.05, 4.69) is 46.2 Å². The fourth-order valence-electron chi connectivity index (χ4n) is 1.96. The Labute approximate surface area is 112 Å². The highest BCUT2D eigenvalue weighted by Crippen LogP contribution is 2.17. The van der Waals surface area contributed by atoms with E-state index in [9.17, 15) is 0 Å². The van der Waals surface area contributed by atoms with Crippen LogP contribution in [0.5, 0.6) is 0 Å². The molecule has 0 saturated heterocycles. The number of thiophene rings is 1. The van der Waals surface area contributed by atoms with Gasteiger partial charge in [0.25, 0.3) is 0 Å². The minimum atomic E-state index is 0.150. The Balaban J connectivity index is 2.06. The second-order valence-electron chi connectivity index (χ2n) is 4.57. The fourth-order valence-corrected chi connectivity index (χ4v) is 2.62. The first-order valence-electron chi connectivity index (χ1n) is 6.20. The molecule has 2 aromatic rings. The van der Waals surface area contributed by atoms with Gasteiger partial charge in [-0.1, -0.05) is 6.07 Å². The van der Waals surface area contributed by atoms with Crippen LogP contribution in [0.4, 0.5) is 0 Å². The zero-order chi connectivity index (χ0) is 13.0. The molecule has 0 amide bonds. The van der Waals surface area contributed by atoms with Crippen LogP contribution in [0.1, 0.15) is 36.5 Å². The predicted molar refractivity (Wildman–Crippen MR) is 75.6 cm³/mol. The summed E-state index contributed by atoms with van der Waals surface area (Å²) >= 11 is 1.76. The Kier molecular flexibility index (Phi) is 4.52. The van der Waals surface area contributed by atoms with Gasteiger partial charge in [0, 0.05) is 30.2 Å². The third kappa shape index (κ3) is 2.98. The lowest BCUT2D eigenvalue weighted by atomic mass is 10.2. The molecule has 98 valence electrons. The van der Waals surface area contributed by atoms with Crippen LogP contribution in [0.2, 0.25) is 0 Å². The Morgan fingerprint density at radius 1 is 1.50 bits per heavy atom. The number of rotatable bonds is 6. The molecule has 1 atom stereocenters. The van der Waals surface area contributed by atoms with Crippen LogP contribution in [-0.4, -0.2) is 16.1 Å². The van der Waals surface area contributed by atoms with Crippen molar-refractivity contribution in [1.29, 1.82) is 0 Å². The molecule has 4 nitrogen and oxygen atoms in total. The van der Waals surface area contributed by atoms with Crippen molar-refractivity contribution in [3.8, 4) is 0 Å². The third-order valence-electron chi connectivity index (χ3n) is 2.95. The molecule has 18 heavy (non-hydrogen) atoms. The Morgan fingerprint density at radius 3 is 2.94 bits per heavy atom. The maximum atomic E-state index is 5.87. The lowest BCUT2D eigenvalue weighted by Gasteiger charge is -2.20. The van der Waals surface area contributed by atoms with Crippen LogP contribution in [-0.2, 0) is 6.54 Å². The molecule has 2 heterocycles. The number of nitrogens with one attached hydrogen (secondary N) is 1. The molecule has 0 bridgehead atoms. The number of aromatic nitrogens is 2. The largest absolute Gasteiger partial charge is 0.331 e. The molecule has 0 aromatic carbocycles. The molecule has 1 unspecified atom stereocenters. The van der Waals surface area contributed by atoms with Gasteiger partial charge in [-0.15, -0.1) is 11.3 Å². The zero-order valence-corrected chi connectivity index (χ0v) is 11.7. The Morgan fingerprint density at radius 2 is 2.33 bits per heavy atom. The maximum Gasteiger partial charge on any atom is 0.0951 e. The lowest BCUT2D eigenvalue weighted by Crippen LogP contribution is -2.29. The van der Waals surface area contributed by atoms with Gasteiger partial charge < -0.3 is 15.6 Å². The van der Waals surface area contributed by atoms with Crippen molar-refractivity contribution in [2.24, 2.45) is 5.73 Å². The van der Waals surface area contributed by atoms with Crippen molar-refractivity contribution in [1.82, 2.24) is 14.9 Å². The van der Waals surface area contributed by atoms with E-state index >= 15 is 0 Å². The molecule has 2 rings (SSSR count). The molecule has 0 aliphatic heterocycles. The van der Waals surface area contributed by atoms with E-state index in [1.807, 2.05) is 12.5 Å². The smallest absolute Gasteiger partial charge is 0.0951 e. The summed E-state index contributed by atoms with van der Waals surface area (Å²) in [7, 11) is 0. The van der Waals surface area contributed by atoms with Crippen LogP contribution in [0, 0.1) is 0 Å². The molecule has 2 aromatic heterocycles. The van der Waals surface area contributed by atoms with Crippen molar-refractivity contribution in [3.63, 3.8) is 0 Å². The molecular formula is C13H20N4S. The molecule has 0 saturated carbocycles. The van der Waals surface area contributed by atoms with E-state index in [0.29, 0.717) is 12.6 Å². The van der Waals surface area contributed by atoms with E-state index in [4.69, 9.17) is 5.73 Å². The maximum absolute atomic E-state index is 5.87. The molecule has 0 fully saturated rings. The zero-order valence-electron chi connectivity index (χ0n) is 10.8. The number of hydrogen-bond acceptors (Lipinski definition) is 4. The van der Waals surface area contributed by atoms with E-state index in [0.717, 1.165) is 12.2 Å². The summed E-state index contributed by atoms with van der Waals surface area (Å²) in [4.78, 5) is 5.55. The van der Waals surface area contributed by atoms with Crippen LogP contribution in [0.3, 0.4) is 0 Å². The lowest BCUT2D eigenvalue weighted by molar-refractivity contribution is 0.479. The molecular weight excluding hydrogens is 244 g/mol. The average molecular weight is 264 g/mol. The van der Waals surface area contributed by atoms with Crippen LogP contribution < -0.4 is 11.1 Å². The normalized spacial score (nSPS) is 13.1. The van der Waals surface area contributed by atoms with Crippen molar-refractivity contribution in [2.45, 2.75) is 32.5 Å². The van der Waals surface area contributed by atoms with Gasteiger partial charge in [-0.05, 0) is 25.3 Å². The summed E-state index contributed by atoms with van der Waals surface area (Å²) in [6.45, 7) is 5.72.